The van der Waals surface area contributed by atoms with E-state index in [1.165, 1.54) is 11.1 Å². The van der Waals surface area contributed by atoms with Gasteiger partial charge in [-0.25, -0.2) is 9.48 Å². The van der Waals surface area contributed by atoms with Gasteiger partial charge in [-0.15, -0.1) is 5.10 Å². The topological polar surface area (TPSA) is 98.1 Å². The number of aromatic nitrogens is 3. The highest BCUT2D eigenvalue weighted by molar-refractivity contribution is 6.01. The zero-order valence-corrected chi connectivity index (χ0v) is 21.8. The van der Waals surface area contributed by atoms with E-state index in [2.05, 4.69) is 40.5 Å². The van der Waals surface area contributed by atoms with Crippen LogP contribution in [0.4, 0.5) is 4.79 Å². The molecule has 0 radical (unpaired) electrons. The van der Waals surface area contributed by atoms with Crippen LogP contribution in [0.1, 0.15) is 70.2 Å². The molecule has 194 valence electrons. The smallest absolute Gasteiger partial charge is 0.319 e. The summed E-state index contributed by atoms with van der Waals surface area (Å²) in [6, 6.07) is 6.74. The fourth-order valence-corrected chi connectivity index (χ4v) is 5.52. The molecule has 0 fully saturated rings. The molecule has 8 nitrogen and oxygen atoms in total. The van der Waals surface area contributed by atoms with Gasteiger partial charge in [0.15, 0.2) is 5.78 Å². The lowest BCUT2D eigenvalue weighted by Crippen LogP contribution is -2.48. The fraction of sp³-hybridized carbons (Fsp3) is 0.448. The van der Waals surface area contributed by atoms with Gasteiger partial charge in [0.2, 0.25) is 0 Å². The SMILES string of the molecule is C=C(C)[C@@H]1CC=C(Cn2cc(COc3cccc(C4NC(=O)NC5=C4C(=O)CC(C)(C)C5)c3)nn2)CC1. The molecule has 1 unspecified atom stereocenters. The Hall–Kier alpha value is -3.68. The molecule has 2 aromatic rings. The van der Waals surface area contributed by atoms with Crippen molar-refractivity contribution in [2.75, 3.05) is 0 Å². The van der Waals surface area contributed by atoms with E-state index in [-0.39, 0.29) is 23.8 Å². The fourth-order valence-electron chi connectivity index (χ4n) is 5.52. The Bertz CT molecular complexity index is 1300. The largest absolute Gasteiger partial charge is 0.487 e. The number of hydrogen-bond donors (Lipinski definition) is 2. The molecule has 1 aromatic heterocycles. The van der Waals surface area contributed by atoms with Crippen molar-refractivity contribution in [1.82, 2.24) is 25.6 Å². The Labute approximate surface area is 217 Å². The van der Waals surface area contributed by atoms with Gasteiger partial charge in [0.25, 0.3) is 0 Å². The minimum atomic E-state index is -0.495. The van der Waals surface area contributed by atoms with Crippen molar-refractivity contribution in [3.8, 4) is 5.75 Å². The van der Waals surface area contributed by atoms with Crippen LogP contribution in [0, 0.1) is 11.3 Å². The molecule has 2 N–H and O–H groups in total. The summed E-state index contributed by atoms with van der Waals surface area (Å²) in [7, 11) is 0. The number of urea groups is 1. The Morgan fingerprint density at radius 2 is 2.11 bits per heavy atom. The number of ketones is 1. The van der Waals surface area contributed by atoms with Crippen LogP contribution in [0.2, 0.25) is 0 Å². The molecule has 2 amide bonds. The Balaban J connectivity index is 1.24. The molecule has 1 aliphatic heterocycles. The second-order valence-corrected chi connectivity index (χ2v) is 11.3. The van der Waals surface area contributed by atoms with Gasteiger partial charge in [0.05, 0.1) is 18.8 Å². The van der Waals surface area contributed by atoms with Crippen molar-refractivity contribution in [2.24, 2.45) is 11.3 Å². The molecule has 2 heterocycles. The first kappa shape index (κ1) is 25.0. The van der Waals surface area contributed by atoms with Crippen molar-refractivity contribution in [3.05, 3.63) is 76.8 Å². The van der Waals surface area contributed by atoms with Gasteiger partial charge in [-0.1, -0.05) is 55.0 Å². The van der Waals surface area contributed by atoms with Crippen LogP contribution in [0.5, 0.6) is 5.75 Å². The average molecular weight is 502 g/mol. The van der Waals surface area contributed by atoms with Crippen LogP contribution in [-0.2, 0) is 17.9 Å². The number of ether oxygens (including phenoxy) is 1. The number of benzene rings is 1. The number of nitrogens with zero attached hydrogens (tertiary/aromatic N) is 3. The number of amides is 2. The number of hydrogen-bond acceptors (Lipinski definition) is 5. The summed E-state index contributed by atoms with van der Waals surface area (Å²) in [5.41, 5.74) is 5.38. The molecule has 0 spiro atoms. The van der Waals surface area contributed by atoms with E-state index in [1.54, 1.807) is 0 Å². The summed E-state index contributed by atoms with van der Waals surface area (Å²) in [6.07, 6.45) is 8.59. The lowest BCUT2D eigenvalue weighted by molar-refractivity contribution is -0.118. The maximum absolute atomic E-state index is 13.0. The first-order valence-corrected chi connectivity index (χ1v) is 13.0. The Kier molecular flexibility index (Phi) is 6.75. The number of nitrogens with one attached hydrogen (secondary N) is 2. The predicted octanol–water partition coefficient (Wildman–Crippen LogP) is 5.16. The quantitative estimate of drug-likeness (QED) is 0.511. The summed E-state index contributed by atoms with van der Waals surface area (Å²) in [6.45, 7) is 11.3. The molecule has 2 atom stereocenters. The number of rotatable bonds is 7. The van der Waals surface area contributed by atoms with Gasteiger partial charge in [-0.05, 0) is 61.6 Å². The number of carbonyl (C=O) groups is 2. The molecule has 0 saturated heterocycles. The molecule has 8 heteroatoms. The molecule has 0 bridgehead atoms. The molecule has 2 aliphatic carbocycles. The third kappa shape index (κ3) is 5.68. The molecular formula is C29H35N5O3. The van der Waals surface area contributed by atoms with Crippen LogP contribution >= 0.6 is 0 Å². The van der Waals surface area contributed by atoms with Gasteiger partial charge < -0.3 is 15.4 Å². The van der Waals surface area contributed by atoms with Crippen molar-refractivity contribution in [3.63, 3.8) is 0 Å². The van der Waals surface area contributed by atoms with Crippen LogP contribution in [-0.4, -0.2) is 26.8 Å². The van der Waals surface area contributed by atoms with Crippen molar-refractivity contribution >= 4 is 11.8 Å². The lowest BCUT2D eigenvalue weighted by Gasteiger charge is -2.38. The number of Topliss-reactive ketones (excluding diaryl/α,β-unsaturated/α-hetero) is 1. The van der Waals surface area contributed by atoms with Gasteiger partial charge in [-0.2, -0.15) is 0 Å². The Morgan fingerprint density at radius 1 is 1.27 bits per heavy atom. The summed E-state index contributed by atoms with van der Waals surface area (Å²) < 4.78 is 7.88. The minimum absolute atomic E-state index is 0.0647. The maximum Gasteiger partial charge on any atom is 0.319 e. The molecule has 3 aliphatic rings. The van der Waals surface area contributed by atoms with Gasteiger partial charge in [-0.3, -0.25) is 4.79 Å². The third-order valence-electron chi connectivity index (χ3n) is 7.48. The van der Waals surface area contributed by atoms with E-state index >= 15 is 0 Å². The van der Waals surface area contributed by atoms with E-state index in [4.69, 9.17) is 4.74 Å². The first-order valence-electron chi connectivity index (χ1n) is 13.0. The third-order valence-corrected chi connectivity index (χ3v) is 7.48. The maximum atomic E-state index is 13.0. The second-order valence-electron chi connectivity index (χ2n) is 11.3. The highest BCUT2D eigenvalue weighted by Gasteiger charge is 2.40. The van der Waals surface area contributed by atoms with Crippen LogP contribution in [0.25, 0.3) is 0 Å². The standard InChI is InChI=1S/C29H35N5O3/c1-18(2)20-10-8-19(9-11-20)15-34-16-22(32-33-34)17-37-23-7-5-6-21(12-23)27-26-24(30-28(36)31-27)13-29(3,4)14-25(26)35/h5-8,12,16,20,27H,1,9-11,13-15,17H2,2-4H3,(H2,30,31,36)/t20-,27?/m1/s1. The predicted molar refractivity (Wildman–Crippen MR) is 140 cm³/mol. The minimum Gasteiger partial charge on any atom is -0.487 e. The van der Waals surface area contributed by atoms with Crippen molar-refractivity contribution in [1.29, 1.82) is 0 Å². The number of carbonyl (C=O) groups excluding carboxylic acids is 2. The molecular weight excluding hydrogens is 466 g/mol. The average Bonchev–Trinajstić information content (AvgIpc) is 3.29. The first-order chi connectivity index (χ1) is 17.7. The summed E-state index contributed by atoms with van der Waals surface area (Å²) >= 11 is 0. The van der Waals surface area contributed by atoms with Crippen LogP contribution in [0.15, 0.2) is 65.5 Å². The van der Waals surface area contributed by atoms with E-state index in [0.29, 0.717) is 30.1 Å². The number of allylic oxidation sites excluding steroid dienone is 4. The van der Waals surface area contributed by atoms with E-state index in [9.17, 15) is 9.59 Å². The van der Waals surface area contributed by atoms with E-state index < -0.39 is 6.04 Å². The van der Waals surface area contributed by atoms with Gasteiger partial charge >= 0.3 is 6.03 Å². The van der Waals surface area contributed by atoms with Gasteiger partial charge in [0, 0.05) is 17.7 Å². The van der Waals surface area contributed by atoms with Crippen molar-refractivity contribution < 1.29 is 14.3 Å². The van der Waals surface area contributed by atoms with Crippen LogP contribution < -0.4 is 15.4 Å². The normalized spacial score (nSPS) is 23.1. The molecule has 5 rings (SSSR count). The lowest BCUT2D eigenvalue weighted by atomic mass is 9.73. The summed E-state index contributed by atoms with van der Waals surface area (Å²) in [5, 5.41) is 14.3. The highest BCUT2D eigenvalue weighted by atomic mass is 16.5. The summed E-state index contributed by atoms with van der Waals surface area (Å²) in [5.74, 6) is 1.30. The highest BCUT2D eigenvalue weighted by Crippen LogP contribution is 2.41. The van der Waals surface area contributed by atoms with Crippen molar-refractivity contribution in [2.45, 2.75) is 72.1 Å². The molecule has 0 saturated carbocycles. The van der Waals surface area contributed by atoms with E-state index in [0.717, 1.165) is 42.8 Å². The van der Waals surface area contributed by atoms with Gasteiger partial charge in [0.1, 0.15) is 18.1 Å². The Morgan fingerprint density at radius 3 is 2.86 bits per heavy atom. The van der Waals surface area contributed by atoms with E-state index in [1.807, 2.05) is 49.0 Å². The summed E-state index contributed by atoms with van der Waals surface area (Å²) in [4.78, 5) is 25.4. The monoisotopic (exact) mass is 501 g/mol. The second kappa shape index (κ2) is 10.00. The van der Waals surface area contributed by atoms with Crippen LogP contribution in [0.3, 0.4) is 0 Å². The molecule has 37 heavy (non-hydrogen) atoms. The zero-order valence-electron chi connectivity index (χ0n) is 21.8. The zero-order chi connectivity index (χ0) is 26.2. The molecule has 1 aromatic carbocycles.